The molecule has 0 bridgehead atoms. The lowest BCUT2D eigenvalue weighted by Crippen LogP contribution is -2.51. The molecule has 0 saturated heterocycles. The number of hydrogen-bond acceptors (Lipinski definition) is 7. The molecular formula is C20H18F5N5O3. The van der Waals surface area contributed by atoms with Crippen molar-refractivity contribution >= 4 is 17.6 Å². The van der Waals surface area contributed by atoms with Gasteiger partial charge in [-0.05, 0) is 18.2 Å². The minimum atomic E-state index is -3.39. The number of halogens is 5. The van der Waals surface area contributed by atoms with Crippen molar-refractivity contribution in [2.75, 3.05) is 12.4 Å². The molecule has 13 heteroatoms. The monoisotopic (exact) mass is 471 g/mol. The van der Waals surface area contributed by atoms with Crippen molar-refractivity contribution in [1.82, 2.24) is 9.97 Å². The van der Waals surface area contributed by atoms with Crippen molar-refractivity contribution in [3.63, 3.8) is 0 Å². The first-order valence-electron chi connectivity index (χ1n) is 9.71. The van der Waals surface area contributed by atoms with E-state index >= 15 is 0 Å². The van der Waals surface area contributed by atoms with E-state index < -0.39 is 66.1 Å². The van der Waals surface area contributed by atoms with Crippen molar-refractivity contribution in [2.24, 2.45) is 16.6 Å². The number of aliphatic imine (C=N–C) groups is 1. The fourth-order valence-electron chi connectivity index (χ4n) is 4.21. The lowest BCUT2D eigenvalue weighted by atomic mass is 9.75. The molecule has 1 aromatic heterocycles. The number of benzene rings is 1. The third-order valence-corrected chi connectivity index (χ3v) is 5.66. The zero-order valence-electron chi connectivity index (χ0n) is 17.1. The molecule has 1 aromatic carbocycles. The summed E-state index contributed by atoms with van der Waals surface area (Å²) in [7, 11) is 1.36. The van der Waals surface area contributed by atoms with Gasteiger partial charge in [0.2, 0.25) is 5.88 Å². The molecule has 3 N–H and O–H groups in total. The van der Waals surface area contributed by atoms with E-state index in [4.69, 9.17) is 15.2 Å². The van der Waals surface area contributed by atoms with Crippen molar-refractivity contribution in [3.8, 4) is 5.88 Å². The highest BCUT2D eigenvalue weighted by Gasteiger charge is 2.63. The molecule has 2 heterocycles. The van der Waals surface area contributed by atoms with Crippen LogP contribution in [0.5, 0.6) is 5.88 Å². The first kappa shape index (κ1) is 22.7. The summed E-state index contributed by atoms with van der Waals surface area (Å²) in [6.45, 7) is 0. The van der Waals surface area contributed by atoms with Crippen LogP contribution < -0.4 is 15.8 Å². The number of alkyl halides is 4. The van der Waals surface area contributed by atoms with E-state index in [1.807, 2.05) is 0 Å². The molecule has 0 unspecified atom stereocenters. The van der Waals surface area contributed by atoms with Gasteiger partial charge in [-0.3, -0.25) is 4.79 Å². The first-order chi connectivity index (χ1) is 15.6. The summed E-state index contributed by atoms with van der Waals surface area (Å²) in [5.41, 5.74) is 1.90. The van der Waals surface area contributed by atoms with Crippen LogP contribution in [0.2, 0.25) is 0 Å². The van der Waals surface area contributed by atoms with Crippen LogP contribution in [0.3, 0.4) is 0 Å². The van der Waals surface area contributed by atoms with Gasteiger partial charge in [0.15, 0.2) is 5.54 Å². The molecule has 8 nitrogen and oxygen atoms in total. The maximum absolute atomic E-state index is 14.9. The predicted molar refractivity (Wildman–Crippen MR) is 105 cm³/mol. The largest absolute Gasteiger partial charge is 0.480 e. The Bertz CT molecular complexity index is 1100. The van der Waals surface area contributed by atoms with E-state index in [-0.39, 0.29) is 17.3 Å². The Labute approximate surface area is 184 Å². The topological polar surface area (TPSA) is 112 Å². The van der Waals surface area contributed by atoms with Crippen LogP contribution >= 0.6 is 0 Å². The minimum absolute atomic E-state index is 0.0874. The fraction of sp³-hybridized carbons (Fsp3) is 0.400. The van der Waals surface area contributed by atoms with Crippen LogP contribution in [0.15, 0.2) is 35.6 Å². The molecule has 1 aliphatic heterocycles. The number of methoxy groups -OCH3 is 1. The van der Waals surface area contributed by atoms with E-state index in [1.165, 1.54) is 13.3 Å². The predicted octanol–water partition coefficient (Wildman–Crippen LogP) is 3.10. The van der Waals surface area contributed by atoms with Gasteiger partial charge in [-0.15, -0.1) is 0 Å². The molecule has 1 fully saturated rings. The zero-order chi connectivity index (χ0) is 24.0. The van der Waals surface area contributed by atoms with Gasteiger partial charge >= 0.3 is 0 Å². The summed E-state index contributed by atoms with van der Waals surface area (Å²) in [4.78, 5) is 23.8. The number of aromatic nitrogens is 2. The summed E-state index contributed by atoms with van der Waals surface area (Å²) in [6.07, 6.45) is -4.30. The number of hydrogen-bond donors (Lipinski definition) is 2. The number of carbonyl (C=O) groups excluding carboxylic acids is 1. The van der Waals surface area contributed by atoms with Crippen LogP contribution in [0, 0.1) is 11.7 Å². The summed E-state index contributed by atoms with van der Waals surface area (Å²) in [5.74, 6) is -6.59. The average molecular weight is 471 g/mol. The maximum atomic E-state index is 14.9. The summed E-state index contributed by atoms with van der Waals surface area (Å²) in [5, 5.41) is 2.39. The van der Waals surface area contributed by atoms with Gasteiger partial charge in [0.25, 0.3) is 24.3 Å². The fourth-order valence-corrected chi connectivity index (χ4v) is 4.21. The second-order valence-corrected chi connectivity index (χ2v) is 7.70. The smallest absolute Gasteiger partial charge is 0.283 e. The molecule has 0 spiro atoms. The number of fused-ring (bicyclic) bond motifs is 1. The Kier molecular flexibility index (Phi) is 5.58. The maximum Gasteiger partial charge on any atom is 0.283 e. The van der Waals surface area contributed by atoms with Crippen molar-refractivity contribution in [1.29, 1.82) is 0 Å². The Hall–Kier alpha value is -3.51. The number of rotatable bonds is 5. The molecule has 4 rings (SSSR count). The summed E-state index contributed by atoms with van der Waals surface area (Å²) in [6, 6.07) is 2.14. The molecule has 176 valence electrons. The van der Waals surface area contributed by atoms with Crippen LogP contribution in [0.4, 0.5) is 27.6 Å². The van der Waals surface area contributed by atoms with Gasteiger partial charge in [-0.25, -0.2) is 36.9 Å². The highest BCUT2D eigenvalue weighted by Crippen LogP contribution is 2.55. The van der Waals surface area contributed by atoms with Gasteiger partial charge < -0.3 is 20.5 Å². The molecule has 2 aromatic rings. The summed E-state index contributed by atoms with van der Waals surface area (Å²) < 4.78 is 82.0. The molecule has 1 aliphatic carbocycles. The van der Waals surface area contributed by atoms with E-state index in [0.717, 1.165) is 24.4 Å². The van der Waals surface area contributed by atoms with E-state index in [0.29, 0.717) is 0 Å². The highest BCUT2D eigenvalue weighted by atomic mass is 19.3. The van der Waals surface area contributed by atoms with E-state index in [1.54, 1.807) is 0 Å². The Morgan fingerprint density at radius 1 is 1.27 bits per heavy atom. The number of ether oxygens (including phenoxy) is 2. The molecule has 0 radical (unpaired) electrons. The Morgan fingerprint density at radius 2 is 2.03 bits per heavy atom. The number of nitrogens with one attached hydrogen (secondary N) is 1. The lowest BCUT2D eigenvalue weighted by Gasteiger charge is -2.41. The van der Waals surface area contributed by atoms with Crippen LogP contribution in [-0.2, 0) is 10.3 Å². The molecule has 33 heavy (non-hydrogen) atoms. The number of nitrogens with zero attached hydrogens (tertiary/aromatic N) is 3. The Morgan fingerprint density at radius 3 is 2.67 bits per heavy atom. The average Bonchev–Trinajstić information content (AvgIpc) is 3.08. The van der Waals surface area contributed by atoms with Crippen LogP contribution in [0.25, 0.3) is 0 Å². The third-order valence-electron chi connectivity index (χ3n) is 5.66. The SMILES string of the molecule is COc1cnc(C(=O)Nc2ccc(F)c([C@@]3(C(F)F)N=C(N)O[C@@H]4CC(F)(F)C[C@@H]43)c2)cn1. The van der Waals surface area contributed by atoms with Crippen LogP contribution in [0.1, 0.15) is 28.9 Å². The number of anilines is 1. The van der Waals surface area contributed by atoms with E-state index in [2.05, 4.69) is 20.3 Å². The second-order valence-electron chi connectivity index (χ2n) is 7.70. The van der Waals surface area contributed by atoms with Crippen molar-refractivity contribution < 1.29 is 36.2 Å². The number of amides is 1. The molecule has 3 atom stereocenters. The molecule has 2 aliphatic rings. The van der Waals surface area contributed by atoms with Gasteiger partial charge in [-0.1, -0.05) is 0 Å². The number of carbonyl (C=O) groups is 1. The lowest BCUT2D eigenvalue weighted by molar-refractivity contribution is -0.0392. The minimum Gasteiger partial charge on any atom is -0.480 e. The van der Waals surface area contributed by atoms with Gasteiger partial charge in [0, 0.05) is 30.0 Å². The quantitative estimate of drug-likeness (QED) is 0.649. The Balaban J connectivity index is 1.73. The molecule has 1 amide bonds. The molecular weight excluding hydrogens is 453 g/mol. The van der Waals surface area contributed by atoms with Crippen molar-refractivity contribution in [2.45, 2.75) is 36.8 Å². The van der Waals surface area contributed by atoms with E-state index in [9.17, 15) is 26.7 Å². The first-order valence-corrected chi connectivity index (χ1v) is 9.71. The van der Waals surface area contributed by atoms with Gasteiger partial charge in [0.1, 0.15) is 17.6 Å². The van der Waals surface area contributed by atoms with Gasteiger partial charge in [0.05, 0.1) is 19.5 Å². The standard InChI is InChI=1S/C20H18F5N5O3/c1-32-15-8-27-13(7-28-15)16(31)29-9-2-3-12(21)10(4-9)20(17(22)23)11-5-19(24,25)6-14(11)33-18(26)30-20/h2-4,7-8,11,14,17H,5-6H2,1H3,(H2,26,30)(H,29,31)/t11-,14+,20+/m0/s1. The zero-order valence-corrected chi connectivity index (χ0v) is 17.1. The second kappa shape index (κ2) is 8.12. The highest BCUT2D eigenvalue weighted by molar-refractivity contribution is 6.02. The number of nitrogens with two attached hydrogens (primary N) is 1. The summed E-state index contributed by atoms with van der Waals surface area (Å²) >= 11 is 0. The van der Waals surface area contributed by atoms with Gasteiger partial charge in [-0.2, -0.15) is 0 Å². The normalized spacial score (nSPS) is 25.7. The van der Waals surface area contributed by atoms with Crippen LogP contribution in [-0.4, -0.2) is 47.5 Å². The van der Waals surface area contributed by atoms with Crippen molar-refractivity contribution in [3.05, 3.63) is 47.7 Å². The number of amidine groups is 1. The third kappa shape index (κ3) is 4.02. The molecule has 1 saturated carbocycles.